The van der Waals surface area contributed by atoms with Crippen LogP contribution in [-0.4, -0.2) is 27.7 Å². The van der Waals surface area contributed by atoms with Gasteiger partial charge in [0.1, 0.15) is 10.6 Å². The summed E-state index contributed by atoms with van der Waals surface area (Å²) in [6.45, 7) is 6.05. The minimum absolute atomic E-state index is 0.0297. The molecule has 0 atom stereocenters. The quantitative estimate of drug-likeness (QED) is 0.192. The highest BCUT2D eigenvalue weighted by Crippen LogP contribution is 2.22. The van der Waals surface area contributed by atoms with Gasteiger partial charge in [-0.05, 0) is 30.5 Å². The molecule has 26 heavy (non-hydrogen) atoms. The van der Waals surface area contributed by atoms with Gasteiger partial charge in [0.2, 0.25) is 0 Å². The average Bonchev–Trinajstić information content (AvgIpc) is 3.10. The molecule has 0 fully saturated rings. The van der Waals surface area contributed by atoms with Crippen molar-refractivity contribution in [3.8, 4) is 5.75 Å². The van der Waals surface area contributed by atoms with E-state index in [1.165, 1.54) is 30.0 Å². The number of nitrogens with zero attached hydrogens (tertiary/aromatic N) is 2. The van der Waals surface area contributed by atoms with Crippen LogP contribution in [0.15, 0.2) is 58.3 Å². The molecule has 134 valence electrons. The molecule has 0 saturated carbocycles. The van der Waals surface area contributed by atoms with Gasteiger partial charge >= 0.3 is 0 Å². The highest BCUT2D eigenvalue weighted by atomic mass is 32.2. The minimum atomic E-state index is -0.0542. The second-order valence-electron chi connectivity index (χ2n) is 5.49. The number of hydrogen-bond donors (Lipinski definition) is 0. The smallest absolute Gasteiger partial charge is 0.263 e. The van der Waals surface area contributed by atoms with Gasteiger partial charge in [0, 0.05) is 12.3 Å². The Morgan fingerprint density at radius 2 is 2.19 bits per heavy atom. The largest absolute Gasteiger partial charge is 0.492 e. The van der Waals surface area contributed by atoms with Crippen LogP contribution >= 0.6 is 23.1 Å². The molecule has 5 nitrogen and oxygen atoms in total. The van der Waals surface area contributed by atoms with Crippen molar-refractivity contribution in [3.63, 3.8) is 0 Å². The normalized spacial score (nSPS) is 10.8. The number of ether oxygens (including phenoxy) is 1. The second-order valence-corrected chi connectivity index (χ2v) is 7.44. The highest BCUT2D eigenvalue weighted by Gasteiger charge is 2.12. The van der Waals surface area contributed by atoms with Gasteiger partial charge in [-0.2, -0.15) is 0 Å². The number of fused-ring (bicyclic) bond motifs is 1. The van der Waals surface area contributed by atoms with E-state index in [0.29, 0.717) is 40.8 Å². The van der Waals surface area contributed by atoms with Crippen LogP contribution in [0.1, 0.15) is 17.3 Å². The minimum Gasteiger partial charge on any atom is -0.492 e. The summed E-state index contributed by atoms with van der Waals surface area (Å²) in [6, 6.07) is 8.98. The van der Waals surface area contributed by atoms with Gasteiger partial charge in [0.25, 0.3) is 5.56 Å². The monoisotopic (exact) mass is 386 g/mol. The van der Waals surface area contributed by atoms with E-state index in [1.54, 1.807) is 28.8 Å². The first-order valence-corrected chi connectivity index (χ1v) is 9.93. The van der Waals surface area contributed by atoms with Crippen LogP contribution in [0.3, 0.4) is 0 Å². The molecule has 0 saturated heterocycles. The fourth-order valence-corrected chi connectivity index (χ4v) is 4.13. The van der Waals surface area contributed by atoms with Crippen molar-refractivity contribution in [1.29, 1.82) is 0 Å². The molecule has 0 bridgehead atoms. The maximum atomic E-state index is 12.6. The van der Waals surface area contributed by atoms with Crippen LogP contribution in [0.25, 0.3) is 10.2 Å². The molecule has 0 radical (unpaired) electrons. The number of allylic oxidation sites excluding steroid dienone is 1. The molecule has 0 N–H and O–H groups in total. The van der Waals surface area contributed by atoms with Gasteiger partial charge in [-0.1, -0.05) is 30.0 Å². The van der Waals surface area contributed by atoms with Gasteiger partial charge < -0.3 is 4.74 Å². The molecule has 0 spiro atoms. The van der Waals surface area contributed by atoms with Crippen molar-refractivity contribution in [2.75, 3.05) is 12.4 Å². The van der Waals surface area contributed by atoms with Gasteiger partial charge in [0.05, 0.1) is 17.6 Å². The number of rotatable bonds is 8. The van der Waals surface area contributed by atoms with Gasteiger partial charge in [0.15, 0.2) is 10.9 Å². The average molecular weight is 386 g/mol. The Balaban J connectivity index is 1.72. The molecule has 7 heteroatoms. The third-order valence-electron chi connectivity index (χ3n) is 3.70. The molecule has 0 unspecified atom stereocenters. The summed E-state index contributed by atoms with van der Waals surface area (Å²) >= 11 is 2.91. The summed E-state index contributed by atoms with van der Waals surface area (Å²) in [5, 5.41) is 3.15. The number of aromatic nitrogens is 2. The molecule has 0 aliphatic carbocycles. The van der Waals surface area contributed by atoms with Crippen LogP contribution in [0.5, 0.6) is 5.75 Å². The van der Waals surface area contributed by atoms with Gasteiger partial charge in [-0.25, -0.2) is 4.98 Å². The number of thiophene rings is 1. The Bertz CT molecular complexity index is 1010. The lowest BCUT2D eigenvalue weighted by Gasteiger charge is -2.11. The molecule has 2 aromatic heterocycles. The first-order valence-electron chi connectivity index (χ1n) is 8.06. The molecule has 0 amide bonds. The molecular formula is C19H18N2O3S2. The van der Waals surface area contributed by atoms with Crippen LogP contribution in [-0.2, 0) is 6.54 Å². The summed E-state index contributed by atoms with van der Waals surface area (Å²) in [7, 11) is 0. The number of thioether (sulfide) groups is 1. The number of benzene rings is 1. The first-order chi connectivity index (χ1) is 12.6. The number of carbonyl (C=O) groups is 1. The molecule has 3 aromatic rings. The van der Waals surface area contributed by atoms with Gasteiger partial charge in [-0.15, -0.1) is 17.9 Å². The van der Waals surface area contributed by atoms with Crippen molar-refractivity contribution in [3.05, 3.63) is 64.3 Å². The number of hydrogen-bond acceptors (Lipinski definition) is 6. The second kappa shape index (κ2) is 8.33. The predicted molar refractivity (Wildman–Crippen MR) is 107 cm³/mol. The fourth-order valence-electron chi connectivity index (χ4n) is 2.50. The van der Waals surface area contributed by atoms with E-state index in [2.05, 4.69) is 11.6 Å². The Morgan fingerprint density at radius 3 is 2.96 bits per heavy atom. The first kappa shape index (κ1) is 18.4. The van der Waals surface area contributed by atoms with Crippen molar-refractivity contribution in [2.24, 2.45) is 0 Å². The molecule has 2 heterocycles. The third-order valence-corrected chi connectivity index (χ3v) is 5.45. The summed E-state index contributed by atoms with van der Waals surface area (Å²) < 4.78 is 7.37. The van der Waals surface area contributed by atoms with E-state index in [1.807, 2.05) is 17.5 Å². The topological polar surface area (TPSA) is 61.2 Å². The molecular weight excluding hydrogens is 368 g/mol. The lowest BCUT2D eigenvalue weighted by molar-refractivity contribution is 0.101. The Labute approximate surface area is 159 Å². The summed E-state index contributed by atoms with van der Waals surface area (Å²) in [6.07, 6.45) is 1.69. The van der Waals surface area contributed by atoms with Crippen molar-refractivity contribution >= 4 is 39.1 Å². The van der Waals surface area contributed by atoms with E-state index in [0.717, 1.165) is 4.83 Å². The van der Waals surface area contributed by atoms with Crippen molar-refractivity contribution in [1.82, 2.24) is 9.55 Å². The van der Waals surface area contributed by atoms with Crippen LogP contribution < -0.4 is 10.3 Å². The standard InChI is InChI=1S/C19H18N2O3S2/c1-3-9-21-18(23)15-8-11-25-17(15)20-19(21)26-12-10-24-16-7-5-4-6-14(16)13(2)22/h3-8,11H,1,9-10,12H2,2H3. The third kappa shape index (κ3) is 3.89. The summed E-state index contributed by atoms with van der Waals surface area (Å²) in [5.41, 5.74) is 0.515. The zero-order valence-corrected chi connectivity index (χ0v) is 15.9. The SMILES string of the molecule is C=CCn1c(SCCOc2ccccc2C(C)=O)nc2sccc2c1=O. The molecule has 3 rings (SSSR count). The number of para-hydroxylation sites is 1. The van der Waals surface area contributed by atoms with Crippen molar-refractivity contribution < 1.29 is 9.53 Å². The van der Waals surface area contributed by atoms with E-state index >= 15 is 0 Å². The zero-order chi connectivity index (χ0) is 18.5. The Hall–Kier alpha value is -2.38. The van der Waals surface area contributed by atoms with Crippen LogP contribution in [0, 0.1) is 0 Å². The zero-order valence-electron chi connectivity index (χ0n) is 14.3. The highest BCUT2D eigenvalue weighted by molar-refractivity contribution is 7.99. The Morgan fingerprint density at radius 1 is 1.38 bits per heavy atom. The maximum absolute atomic E-state index is 12.6. The van der Waals surface area contributed by atoms with Crippen LogP contribution in [0.2, 0.25) is 0 Å². The van der Waals surface area contributed by atoms with Crippen LogP contribution in [0.4, 0.5) is 0 Å². The molecule has 1 aromatic carbocycles. The number of Topliss-reactive ketones (excluding diaryl/α,β-unsaturated/α-hetero) is 1. The lowest BCUT2D eigenvalue weighted by Crippen LogP contribution is -2.22. The molecule has 0 aliphatic rings. The van der Waals surface area contributed by atoms with E-state index in [9.17, 15) is 9.59 Å². The maximum Gasteiger partial charge on any atom is 0.263 e. The lowest BCUT2D eigenvalue weighted by atomic mass is 10.1. The predicted octanol–water partition coefficient (Wildman–Crippen LogP) is 4.02. The van der Waals surface area contributed by atoms with Gasteiger partial charge in [-0.3, -0.25) is 14.2 Å². The number of carbonyl (C=O) groups excluding carboxylic acids is 1. The van der Waals surface area contributed by atoms with E-state index in [4.69, 9.17) is 4.74 Å². The summed E-state index contributed by atoms with van der Waals surface area (Å²) in [4.78, 5) is 29.5. The fraction of sp³-hybridized carbons (Fsp3) is 0.211. The van der Waals surface area contributed by atoms with Crippen molar-refractivity contribution in [2.45, 2.75) is 18.6 Å². The summed E-state index contributed by atoms with van der Waals surface area (Å²) in [5.74, 6) is 1.15. The Kier molecular flexibility index (Phi) is 5.90. The van der Waals surface area contributed by atoms with E-state index < -0.39 is 0 Å². The molecule has 0 aliphatic heterocycles. The van der Waals surface area contributed by atoms with E-state index in [-0.39, 0.29) is 11.3 Å². The number of ketones is 1.